The van der Waals surface area contributed by atoms with E-state index < -0.39 is 0 Å². The Labute approximate surface area is 73.2 Å². The van der Waals surface area contributed by atoms with E-state index in [1.165, 1.54) is 10.9 Å². The summed E-state index contributed by atoms with van der Waals surface area (Å²) in [4.78, 5) is 14.4. The molecule has 0 unspecified atom stereocenters. The lowest BCUT2D eigenvalue weighted by molar-refractivity contribution is 0.794. The van der Waals surface area contributed by atoms with E-state index in [0.717, 1.165) is 0 Å². The highest BCUT2D eigenvalue weighted by molar-refractivity contribution is 5.74. The first kappa shape index (κ1) is 7.55. The second-order valence-electron chi connectivity index (χ2n) is 2.67. The number of fused-ring (bicyclic) bond motifs is 1. The molecule has 0 aliphatic carbocycles. The average molecular weight is 174 g/mol. The Morgan fingerprint density at radius 1 is 1.69 bits per heavy atom. The molecule has 0 bridgehead atoms. The largest absolute Gasteiger partial charge is 0.357 e. The highest BCUT2D eigenvalue weighted by atomic mass is 16.1. The molecule has 0 aliphatic heterocycles. The van der Waals surface area contributed by atoms with Crippen molar-refractivity contribution in [3.05, 3.63) is 28.2 Å². The molecule has 0 atom stereocenters. The third-order valence-corrected chi connectivity index (χ3v) is 1.89. The summed E-state index contributed by atoms with van der Waals surface area (Å²) in [7, 11) is 1.67. The van der Waals surface area contributed by atoms with Crippen molar-refractivity contribution in [1.82, 2.24) is 14.8 Å². The van der Waals surface area contributed by atoms with Crippen LogP contribution in [-0.4, -0.2) is 14.8 Å². The monoisotopic (exact) mass is 174 g/mol. The van der Waals surface area contributed by atoms with E-state index in [1.54, 1.807) is 13.2 Å². The zero-order valence-electron chi connectivity index (χ0n) is 6.90. The lowest BCUT2D eigenvalue weighted by Gasteiger charge is -1.92. The predicted octanol–water partition coefficient (Wildman–Crippen LogP) is 0.133. The summed E-state index contributed by atoms with van der Waals surface area (Å²) in [5.41, 5.74) is 0.901. The van der Waals surface area contributed by atoms with E-state index in [4.69, 9.17) is 5.26 Å². The van der Waals surface area contributed by atoms with Crippen LogP contribution >= 0.6 is 0 Å². The SMILES string of the molecule is Cn1ncc2[nH]cc(C#N)c(=O)c21. The fourth-order valence-corrected chi connectivity index (χ4v) is 1.24. The van der Waals surface area contributed by atoms with Gasteiger partial charge in [0.2, 0.25) is 5.43 Å². The van der Waals surface area contributed by atoms with Gasteiger partial charge in [-0.15, -0.1) is 0 Å². The molecule has 5 heteroatoms. The summed E-state index contributed by atoms with van der Waals surface area (Å²) in [6.07, 6.45) is 2.95. The van der Waals surface area contributed by atoms with E-state index in [-0.39, 0.29) is 11.0 Å². The molecular formula is C8H6N4O. The molecule has 2 heterocycles. The maximum absolute atomic E-state index is 11.5. The Morgan fingerprint density at radius 2 is 2.46 bits per heavy atom. The smallest absolute Gasteiger partial charge is 0.225 e. The van der Waals surface area contributed by atoms with Crippen molar-refractivity contribution in [2.75, 3.05) is 0 Å². The molecule has 2 aromatic rings. The standard InChI is InChI=1S/C8H6N4O/c1-12-7-6(4-11-12)10-3-5(2-9)8(7)13/h3-4H,1H3,(H,10,13). The molecule has 1 N–H and O–H groups in total. The fourth-order valence-electron chi connectivity index (χ4n) is 1.24. The number of aromatic nitrogens is 3. The maximum Gasteiger partial charge on any atom is 0.225 e. The molecule has 0 amide bonds. The van der Waals surface area contributed by atoms with Gasteiger partial charge in [-0.25, -0.2) is 0 Å². The summed E-state index contributed by atoms with van der Waals surface area (Å²) in [6.45, 7) is 0. The van der Waals surface area contributed by atoms with Crippen LogP contribution in [0.4, 0.5) is 0 Å². The van der Waals surface area contributed by atoms with Gasteiger partial charge in [-0.2, -0.15) is 10.4 Å². The molecule has 0 saturated heterocycles. The Bertz CT molecular complexity index is 558. The fraction of sp³-hybridized carbons (Fsp3) is 0.125. The second kappa shape index (κ2) is 2.45. The van der Waals surface area contributed by atoms with Crippen molar-refractivity contribution in [3.8, 4) is 6.07 Å². The average Bonchev–Trinajstić information content (AvgIpc) is 2.49. The molecule has 0 aromatic carbocycles. The Hall–Kier alpha value is -2.09. The van der Waals surface area contributed by atoms with Crippen LogP contribution in [0.1, 0.15) is 5.56 Å². The second-order valence-corrected chi connectivity index (χ2v) is 2.67. The van der Waals surface area contributed by atoms with Gasteiger partial charge in [-0.05, 0) is 0 Å². The summed E-state index contributed by atoms with van der Waals surface area (Å²) in [6, 6.07) is 1.82. The van der Waals surface area contributed by atoms with Crippen LogP contribution in [0, 0.1) is 11.3 Å². The minimum atomic E-state index is -0.281. The number of nitrogens with zero attached hydrogens (tertiary/aromatic N) is 3. The molecule has 13 heavy (non-hydrogen) atoms. The van der Waals surface area contributed by atoms with Gasteiger partial charge in [0.05, 0.1) is 11.7 Å². The first-order chi connectivity index (χ1) is 6.24. The van der Waals surface area contributed by atoms with Crippen molar-refractivity contribution in [2.45, 2.75) is 0 Å². The third kappa shape index (κ3) is 0.924. The van der Waals surface area contributed by atoms with E-state index in [1.807, 2.05) is 6.07 Å². The van der Waals surface area contributed by atoms with Gasteiger partial charge < -0.3 is 4.98 Å². The van der Waals surface area contributed by atoms with E-state index in [9.17, 15) is 4.79 Å². The quantitative estimate of drug-likeness (QED) is 0.617. The van der Waals surface area contributed by atoms with E-state index in [0.29, 0.717) is 11.0 Å². The first-order valence-electron chi connectivity index (χ1n) is 3.67. The summed E-state index contributed by atoms with van der Waals surface area (Å²) >= 11 is 0. The number of H-pyrrole nitrogens is 1. The topological polar surface area (TPSA) is 74.5 Å². The van der Waals surface area contributed by atoms with Crippen molar-refractivity contribution in [3.63, 3.8) is 0 Å². The van der Waals surface area contributed by atoms with Gasteiger partial charge in [0.15, 0.2) is 0 Å². The Kier molecular flexibility index (Phi) is 1.43. The van der Waals surface area contributed by atoms with Gasteiger partial charge in [0.1, 0.15) is 17.1 Å². The minimum Gasteiger partial charge on any atom is -0.357 e. The summed E-state index contributed by atoms with van der Waals surface area (Å²) in [5.74, 6) is 0. The molecule has 0 radical (unpaired) electrons. The number of rotatable bonds is 0. The lowest BCUT2D eigenvalue weighted by Crippen LogP contribution is -2.10. The van der Waals surface area contributed by atoms with Crippen molar-refractivity contribution >= 4 is 11.0 Å². The normalized spacial score (nSPS) is 10.2. The Morgan fingerprint density at radius 3 is 3.15 bits per heavy atom. The molecule has 2 rings (SSSR count). The number of nitriles is 1. The van der Waals surface area contributed by atoms with Crippen LogP contribution in [0.3, 0.4) is 0 Å². The van der Waals surface area contributed by atoms with Crippen molar-refractivity contribution in [1.29, 1.82) is 5.26 Å². The van der Waals surface area contributed by atoms with Crippen LogP contribution in [0.25, 0.3) is 11.0 Å². The summed E-state index contributed by atoms with van der Waals surface area (Å²) < 4.78 is 1.45. The van der Waals surface area contributed by atoms with Crippen LogP contribution in [-0.2, 0) is 7.05 Å². The predicted molar refractivity (Wildman–Crippen MR) is 46.0 cm³/mol. The van der Waals surface area contributed by atoms with E-state index in [2.05, 4.69) is 10.1 Å². The molecule has 0 saturated carbocycles. The van der Waals surface area contributed by atoms with E-state index >= 15 is 0 Å². The molecule has 2 aromatic heterocycles. The van der Waals surface area contributed by atoms with Crippen molar-refractivity contribution in [2.24, 2.45) is 7.05 Å². The van der Waals surface area contributed by atoms with Crippen LogP contribution < -0.4 is 5.43 Å². The zero-order valence-corrected chi connectivity index (χ0v) is 6.90. The first-order valence-corrected chi connectivity index (χ1v) is 3.67. The van der Waals surface area contributed by atoms with Gasteiger partial charge in [-0.3, -0.25) is 9.48 Å². The molecule has 0 spiro atoms. The Balaban J connectivity index is 3.03. The maximum atomic E-state index is 11.5. The summed E-state index contributed by atoms with van der Waals surface area (Å²) in [5, 5.41) is 12.5. The molecule has 0 fully saturated rings. The van der Waals surface area contributed by atoms with Gasteiger partial charge in [-0.1, -0.05) is 0 Å². The minimum absolute atomic E-state index is 0.108. The van der Waals surface area contributed by atoms with Crippen molar-refractivity contribution < 1.29 is 0 Å². The zero-order chi connectivity index (χ0) is 9.42. The van der Waals surface area contributed by atoms with Gasteiger partial charge in [0, 0.05) is 13.2 Å². The molecule has 0 aliphatic rings. The number of hydrogen-bond acceptors (Lipinski definition) is 3. The van der Waals surface area contributed by atoms with Gasteiger partial charge in [0.25, 0.3) is 0 Å². The molecule has 64 valence electrons. The van der Waals surface area contributed by atoms with Crippen LogP contribution in [0.2, 0.25) is 0 Å². The molecule has 5 nitrogen and oxygen atoms in total. The highest BCUT2D eigenvalue weighted by Crippen LogP contribution is 2.04. The number of aryl methyl sites for hydroxylation is 1. The van der Waals surface area contributed by atoms with Gasteiger partial charge >= 0.3 is 0 Å². The third-order valence-electron chi connectivity index (χ3n) is 1.89. The highest BCUT2D eigenvalue weighted by Gasteiger charge is 2.07. The number of aromatic amines is 1. The number of nitrogens with one attached hydrogen (secondary N) is 1. The number of hydrogen-bond donors (Lipinski definition) is 1. The number of pyridine rings is 1. The lowest BCUT2D eigenvalue weighted by atomic mass is 10.2. The van der Waals surface area contributed by atoms with Crippen LogP contribution in [0.5, 0.6) is 0 Å². The molecular weight excluding hydrogens is 168 g/mol. The van der Waals surface area contributed by atoms with Crippen LogP contribution in [0.15, 0.2) is 17.2 Å².